The van der Waals surface area contributed by atoms with Gasteiger partial charge >= 0.3 is 0 Å². The lowest BCUT2D eigenvalue weighted by atomic mass is 10.2. The van der Waals surface area contributed by atoms with Crippen molar-refractivity contribution in [3.8, 4) is 0 Å². The highest BCUT2D eigenvalue weighted by Crippen LogP contribution is 2.26. The maximum Gasteiger partial charge on any atom is 0.245 e. The molecule has 0 spiro atoms. The van der Waals surface area contributed by atoms with E-state index in [2.05, 4.69) is 8.75 Å². The van der Waals surface area contributed by atoms with E-state index in [-0.39, 0.29) is 24.1 Å². The number of nitrogens with zero attached hydrogens (tertiary/aromatic N) is 3. The first-order valence-corrected chi connectivity index (χ1v) is 9.07. The third-order valence-corrected chi connectivity index (χ3v) is 6.03. The third-order valence-electron chi connectivity index (χ3n) is 3.51. The summed E-state index contributed by atoms with van der Waals surface area (Å²) < 4.78 is 35.4. The van der Waals surface area contributed by atoms with Crippen molar-refractivity contribution in [1.82, 2.24) is 13.1 Å². The molecule has 1 heterocycles. The highest BCUT2D eigenvalue weighted by molar-refractivity contribution is 7.89. The Morgan fingerprint density at radius 3 is 2.62 bits per heavy atom. The average molecular weight is 329 g/mol. The SMILES string of the molecule is CCC(CC)N(CCO)S(=O)(=O)c1cccc2nsnc12. The van der Waals surface area contributed by atoms with Gasteiger partial charge in [0.05, 0.1) is 18.3 Å². The summed E-state index contributed by atoms with van der Waals surface area (Å²) in [6.07, 6.45) is 1.39. The molecule has 0 aliphatic heterocycles. The molecule has 0 bridgehead atoms. The minimum Gasteiger partial charge on any atom is -0.395 e. The van der Waals surface area contributed by atoms with Gasteiger partial charge in [-0.1, -0.05) is 19.9 Å². The predicted octanol–water partition coefficient (Wildman–Crippen LogP) is 1.86. The summed E-state index contributed by atoms with van der Waals surface area (Å²) in [7, 11) is -3.71. The molecular weight excluding hydrogens is 310 g/mol. The second-order valence-electron chi connectivity index (χ2n) is 4.70. The molecule has 0 fully saturated rings. The highest BCUT2D eigenvalue weighted by atomic mass is 32.2. The predicted molar refractivity (Wildman–Crippen MR) is 82.8 cm³/mol. The number of rotatable bonds is 7. The molecule has 21 heavy (non-hydrogen) atoms. The Bertz CT molecular complexity index is 696. The molecule has 8 heteroatoms. The van der Waals surface area contributed by atoms with Crippen LogP contribution < -0.4 is 0 Å². The average Bonchev–Trinajstić information content (AvgIpc) is 2.95. The summed E-state index contributed by atoms with van der Waals surface area (Å²) in [4.78, 5) is 0.161. The molecule has 0 atom stereocenters. The summed E-state index contributed by atoms with van der Waals surface area (Å²) in [5, 5.41) is 9.23. The second-order valence-corrected chi connectivity index (χ2v) is 7.09. The van der Waals surface area contributed by atoms with Crippen molar-refractivity contribution < 1.29 is 13.5 Å². The summed E-state index contributed by atoms with van der Waals surface area (Å²) in [5.41, 5.74) is 0.978. The fraction of sp³-hybridized carbons (Fsp3) is 0.538. The van der Waals surface area contributed by atoms with E-state index >= 15 is 0 Å². The summed E-state index contributed by atoms with van der Waals surface area (Å²) >= 11 is 0.996. The Labute approximate surface area is 128 Å². The highest BCUT2D eigenvalue weighted by Gasteiger charge is 2.31. The standard InChI is InChI=1S/C13H19N3O3S2/c1-3-10(4-2)16(8-9-17)21(18,19)12-7-5-6-11-13(12)15-20-14-11/h5-7,10,17H,3-4,8-9H2,1-2H3. The molecule has 0 radical (unpaired) electrons. The van der Waals surface area contributed by atoms with Crippen LogP contribution in [0.1, 0.15) is 26.7 Å². The van der Waals surface area contributed by atoms with Crippen LogP contribution >= 0.6 is 11.7 Å². The van der Waals surface area contributed by atoms with E-state index < -0.39 is 10.0 Å². The summed E-state index contributed by atoms with van der Waals surface area (Å²) in [5.74, 6) is 0. The Kier molecular flexibility index (Phi) is 5.26. The Morgan fingerprint density at radius 1 is 1.29 bits per heavy atom. The van der Waals surface area contributed by atoms with Crippen molar-refractivity contribution in [3.05, 3.63) is 18.2 Å². The molecule has 2 aromatic rings. The zero-order chi connectivity index (χ0) is 15.5. The molecule has 1 aromatic heterocycles. The van der Waals surface area contributed by atoms with Gasteiger partial charge in [-0.25, -0.2) is 8.42 Å². The van der Waals surface area contributed by atoms with Gasteiger partial charge in [0.2, 0.25) is 10.0 Å². The van der Waals surface area contributed by atoms with Crippen molar-refractivity contribution >= 4 is 32.8 Å². The first-order valence-electron chi connectivity index (χ1n) is 6.90. The van der Waals surface area contributed by atoms with Crippen molar-refractivity contribution in [1.29, 1.82) is 0 Å². The normalized spacial score (nSPS) is 12.6. The van der Waals surface area contributed by atoms with Crippen LogP contribution in [0.5, 0.6) is 0 Å². The lowest BCUT2D eigenvalue weighted by Gasteiger charge is -2.29. The zero-order valence-electron chi connectivity index (χ0n) is 12.1. The summed E-state index contributed by atoms with van der Waals surface area (Å²) in [6.45, 7) is 3.77. The molecule has 6 nitrogen and oxygen atoms in total. The molecule has 116 valence electrons. The van der Waals surface area contributed by atoms with E-state index in [4.69, 9.17) is 0 Å². The largest absolute Gasteiger partial charge is 0.395 e. The molecule has 0 amide bonds. The van der Waals surface area contributed by atoms with Gasteiger partial charge in [-0.15, -0.1) is 0 Å². The van der Waals surface area contributed by atoms with Crippen molar-refractivity contribution in [2.75, 3.05) is 13.2 Å². The molecule has 0 saturated heterocycles. The molecule has 0 unspecified atom stereocenters. The molecule has 2 rings (SSSR count). The van der Waals surface area contributed by atoms with E-state index in [1.54, 1.807) is 18.2 Å². The number of hydrogen-bond acceptors (Lipinski definition) is 6. The number of aliphatic hydroxyl groups is 1. The van der Waals surface area contributed by atoms with E-state index in [0.29, 0.717) is 23.9 Å². The van der Waals surface area contributed by atoms with Crippen LogP contribution in [0.2, 0.25) is 0 Å². The number of benzene rings is 1. The molecule has 1 aromatic carbocycles. The number of fused-ring (bicyclic) bond motifs is 1. The Balaban J connectivity index is 2.54. The number of hydrogen-bond donors (Lipinski definition) is 1. The fourth-order valence-corrected chi connectivity index (χ4v) is 4.93. The number of aromatic nitrogens is 2. The minimum atomic E-state index is -3.71. The van der Waals surface area contributed by atoms with Crippen molar-refractivity contribution in [2.45, 2.75) is 37.6 Å². The lowest BCUT2D eigenvalue weighted by Crippen LogP contribution is -2.41. The Morgan fingerprint density at radius 2 is 2.00 bits per heavy atom. The van der Waals surface area contributed by atoms with Gasteiger partial charge in [-0.05, 0) is 25.0 Å². The number of sulfonamides is 1. The van der Waals surface area contributed by atoms with Crippen LogP contribution in [0, 0.1) is 0 Å². The first kappa shape index (κ1) is 16.3. The molecular formula is C13H19N3O3S2. The maximum atomic E-state index is 12.9. The van der Waals surface area contributed by atoms with E-state index in [1.807, 2.05) is 13.8 Å². The smallest absolute Gasteiger partial charge is 0.245 e. The molecule has 0 aliphatic carbocycles. The zero-order valence-corrected chi connectivity index (χ0v) is 13.7. The van der Waals surface area contributed by atoms with Crippen LogP contribution in [0.4, 0.5) is 0 Å². The molecule has 0 aliphatic rings. The van der Waals surface area contributed by atoms with Gasteiger partial charge in [-0.2, -0.15) is 13.1 Å². The van der Waals surface area contributed by atoms with Gasteiger partial charge < -0.3 is 5.11 Å². The first-order chi connectivity index (χ1) is 10.1. The van der Waals surface area contributed by atoms with Gasteiger partial charge in [0.25, 0.3) is 0 Å². The summed E-state index contributed by atoms with van der Waals surface area (Å²) in [6, 6.07) is 4.82. The Hall–Kier alpha value is -1.09. The third kappa shape index (κ3) is 3.08. The fourth-order valence-electron chi connectivity index (χ4n) is 2.41. The van der Waals surface area contributed by atoms with Crippen LogP contribution in [0.3, 0.4) is 0 Å². The van der Waals surface area contributed by atoms with Crippen molar-refractivity contribution in [2.24, 2.45) is 0 Å². The van der Waals surface area contributed by atoms with Gasteiger partial charge in [-0.3, -0.25) is 0 Å². The van der Waals surface area contributed by atoms with E-state index in [0.717, 1.165) is 11.7 Å². The molecule has 1 N–H and O–H groups in total. The lowest BCUT2D eigenvalue weighted by molar-refractivity contribution is 0.220. The van der Waals surface area contributed by atoms with Crippen molar-refractivity contribution in [3.63, 3.8) is 0 Å². The maximum absolute atomic E-state index is 12.9. The van der Waals surface area contributed by atoms with Gasteiger partial charge in [0, 0.05) is 12.6 Å². The topological polar surface area (TPSA) is 83.4 Å². The van der Waals surface area contributed by atoms with E-state index in [9.17, 15) is 13.5 Å². The molecule has 0 saturated carbocycles. The minimum absolute atomic E-state index is 0.0859. The van der Waals surface area contributed by atoms with E-state index in [1.165, 1.54) is 4.31 Å². The van der Waals surface area contributed by atoms with Gasteiger partial charge in [0.15, 0.2) is 0 Å². The second kappa shape index (κ2) is 6.78. The monoisotopic (exact) mass is 329 g/mol. The number of aliphatic hydroxyl groups excluding tert-OH is 1. The van der Waals surface area contributed by atoms with Crippen LogP contribution in [-0.4, -0.2) is 45.8 Å². The van der Waals surface area contributed by atoms with Gasteiger partial charge in [0.1, 0.15) is 15.9 Å². The quantitative estimate of drug-likeness (QED) is 0.838. The van der Waals surface area contributed by atoms with Crippen LogP contribution in [0.25, 0.3) is 11.0 Å². The van der Waals surface area contributed by atoms with Crippen LogP contribution in [-0.2, 0) is 10.0 Å². The van der Waals surface area contributed by atoms with Crippen LogP contribution in [0.15, 0.2) is 23.1 Å².